The van der Waals surface area contributed by atoms with Gasteiger partial charge in [0.25, 0.3) is 0 Å². The van der Waals surface area contributed by atoms with Crippen molar-refractivity contribution in [2.45, 2.75) is 19.5 Å². The molecular weight excluding hydrogens is 259 g/mol. The first-order chi connectivity index (χ1) is 4.67. The van der Waals surface area contributed by atoms with Crippen LogP contribution in [-0.4, -0.2) is 15.4 Å². The van der Waals surface area contributed by atoms with Crippen molar-refractivity contribution < 1.29 is 51.0 Å². The van der Waals surface area contributed by atoms with Crippen molar-refractivity contribution >= 4 is 8.32 Å². The minimum atomic E-state index is -1.53. The molecule has 5 heteroatoms. The molecule has 1 nitrogen and oxygen atoms in total. The van der Waals surface area contributed by atoms with E-state index in [2.05, 4.69) is 31.3 Å². The van der Waals surface area contributed by atoms with Gasteiger partial charge in [-0.2, -0.15) is 6.08 Å². The van der Waals surface area contributed by atoms with Crippen molar-refractivity contribution in [3.8, 4) is 0 Å². The summed E-state index contributed by atoms with van der Waals surface area (Å²) in [4.78, 5) is 0. The summed E-state index contributed by atoms with van der Waals surface area (Å²) in [5.74, 6) is 0. The normalized spacial score (nSPS) is 13.6. The van der Waals surface area contributed by atoms with Crippen molar-refractivity contribution in [1.82, 2.24) is 0 Å². The number of hydrogen-bond donors (Lipinski definition) is 0. The molecule has 1 aliphatic carbocycles. The molecule has 1 radical (unpaired) electrons. The molecule has 0 saturated carbocycles. The molecular formula is C8H13Cl2OSiTi. The van der Waals surface area contributed by atoms with E-state index in [4.69, 9.17) is 4.43 Å². The van der Waals surface area contributed by atoms with E-state index in [9.17, 15) is 0 Å². The molecule has 1 rings (SSSR count). The van der Waals surface area contributed by atoms with Crippen molar-refractivity contribution in [2.24, 2.45) is 0 Å². The second kappa shape index (κ2) is 8.28. The predicted octanol–water partition coefficient (Wildman–Crippen LogP) is -3.93. The number of rotatable bonds is 2. The summed E-state index contributed by atoms with van der Waals surface area (Å²) >= 11 is 0. The molecule has 0 atom stereocenters. The van der Waals surface area contributed by atoms with Crippen LogP contribution in [0.25, 0.3) is 0 Å². The van der Waals surface area contributed by atoms with Crippen LogP contribution < -0.4 is 24.8 Å². The van der Waals surface area contributed by atoms with E-state index in [0.29, 0.717) is 0 Å². The second-order valence-corrected chi connectivity index (χ2v) is 6.88. The number of halogens is 2. The van der Waals surface area contributed by atoms with Crippen molar-refractivity contribution in [3.05, 3.63) is 23.4 Å². The van der Waals surface area contributed by atoms with Crippen LogP contribution in [0.1, 0.15) is 6.42 Å². The van der Waals surface area contributed by atoms with Gasteiger partial charge >= 0.3 is 21.7 Å². The molecule has 1 aliphatic rings. The van der Waals surface area contributed by atoms with Gasteiger partial charge in [-0.25, -0.2) is 11.3 Å². The van der Waals surface area contributed by atoms with Gasteiger partial charge in [-0.3, -0.25) is 6.08 Å². The third kappa shape index (κ3) is 5.41. The molecule has 0 unspecified atom stereocenters. The molecule has 0 spiro atoms. The molecule has 0 fully saturated rings. The average molecular weight is 272 g/mol. The third-order valence-corrected chi connectivity index (χ3v) is 4.52. The van der Waals surface area contributed by atoms with E-state index in [-0.39, 0.29) is 46.5 Å². The standard InChI is InChI=1S/C8H13OSi.2ClH.Ti/c1-9-10(2,3)8-6-4-5-7-8;;;/h4,6H,5H2,1-3H3;2*1H;/q-1;;;+3/p-2. The monoisotopic (exact) mass is 271 g/mol. The first-order valence-electron chi connectivity index (χ1n) is 3.50. The zero-order valence-corrected chi connectivity index (χ0v) is 12.1. The van der Waals surface area contributed by atoms with Crippen molar-refractivity contribution in [2.75, 3.05) is 7.11 Å². The molecule has 0 heterocycles. The van der Waals surface area contributed by atoms with Crippen LogP contribution in [0.3, 0.4) is 0 Å². The second-order valence-electron chi connectivity index (χ2n) is 2.91. The topological polar surface area (TPSA) is 9.23 Å². The van der Waals surface area contributed by atoms with Crippen LogP contribution in [0.15, 0.2) is 17.3 Å². The van der Waals surface area contributed by atoms with Gasteiger partial charge < -0.3 is 29.2 Å². The van der Waals surface area contributed by atoms with Gasteiger partial charge in [0.1, 0.15) is 0 Å². The average Bonchev–Trinajstić information content (AvgIpc) is 2.38. The minimum Gasteiger partial charge on any atom is -1.00 e. The molecule has 0 bridgehead atoms. The summed E-state index contributed by atoms with van der Waals surface area (Å²) < 4.78 is 5.41. The van der Waals surface area contributed by atoms with Crippen LogP contribution in [0.4, 0.5) is 0 Å². The fourth-order valence-electron chi connectivity index (χ4n) is 0.928. The molecule has 0 aliphatic heterocycles. The zero-order valence-electron chi connectivity index (χ0n) is 8.03. The van der Waals surface area contributed by atoms with Crippen LogP contribution in [-0.2, 0) is 26.1 Å². The van der Waals surface area contributed by atoms with Crippen molar-refractivity contribution in [1.29, 1.82) is 0 Å². The van der Waals surface area contributed by atoms with Gasteiger partial charge in [0.15, 0.2) is 8.32 Å². The molecule has 0 aromatic rings. The Balaban J connectivity index is -0.000000333. The Labute approximate surface area is 109 Å². The summed E-state index contributed by atoms with van der Waals surface area (Å²) in [6, 6.07) is 0. The van der Waals surface area contributed by atoms with E-state index >= 15 is 0 Å². The Bertz CT molecular complexity index is 193. The smallest absolute Gasteiger partial charge is 1.00 e. The largest absolute Gasteiger partial charge is 3.00 e. The van der Waals surface area contributed by atoms with Crippen LogP contribution in [0.5, 0.6) is 0 Å². The Morgan fingerprint density at radius 3 is 2.23 bits per heavy atom. The summed E-state index contributed by atoms with van der Waals surface area (Å²) in [5.41, 5.74) is 0. The first kappa shape index (κ1) is 19.5. The summed E-state index contributed by atoms with van der Waals surface area (Å²) in [6.07, 6.45) is 8.52. The summed E-state index contributed by atoms with van der Waals surface area (Å²) in [5, 5.41) is 1.30. The number of hydrogen-bond acceptors (Lipinski definition) is 1. The van der Waals surface area contributed by atoms with Crippen LogP contribution in [0.2, 0.25) is 13.1 Å². The van der Waals surface area contributed by atoms with E-state index < -0.39 is 8.32 Å². The molecule has 0 aromatic carbocycles. The van der Waals surface area contributed by atoms with Crippen LogP contribution in [0, 0.1) is 6.08 Å². The summed E-state index contributed by atoms with van der Waals surface area (Å²) in [6.45, 7) is 4.37. The van der Waals surface area contributed by atoms with E-state index in [1.165, 1.54) is 5.20 Å². The quantitative estimate of drug-likeness (QED) is 0.368. The van der Waals surface area contributed by atoms with Gasteiger partial charge in [-0.15, -0.1) is 6.42 Å². The minimum absolute atomic E-state index is 0. The predicted molar refractivity (Wildman–Crippen MR) is 45.0 cm³/mol. The van der Waals surface area contributed by atoms with Gasteiger partial charge in [-0.05, 0) is 13.1 Å². The Morgan fingerprint density at radius 1 is 1.38 bits per heavy atom. The maximum absolute atomic E-state index is 5.41. The van der Waals surface area contributed by atoms with E-state index in [1.807, 2.05) is 0 Å². The van der Waals surface area contributed by atoms with Crippen LogP contribution >= 0.6 is 0 Å². The molecule has 13 heavy (non-hydrogen) atoms. The third-order valence-electron chi connectivity index (χ3n) is 1.85. The van der Waals surface area contributed by atoms with Gasteiger partial charge in [-0.1, -0.05) is 0 Å². The van der Waals surface area contributed by atoms with Gasteiger partial charge in [0.05, 0.1) is 0 Å². The first-order valence-corrected chi connectivity index (χ1v) is 6.40. The van der Waals surface area contributed by atoms with Crippen molar-refractivity contribution in [3.63, 3.8) is 0 Å². The maximum Gasteiger partial charge on any atom is 3.00 e. The fourth-order valence-corrected chi connectivity index (χ4v) is 2.20. The molecule has 0 N–H and O–H groups in total. The molecule has 73 valence electrons. The van der Waals surface area contributed by atoms with E-state index in [1.54, 1.807) is 7.11 Å². The fraction of sp³-hybridized carbons (Fsp3) is 0.500. The van der Waals surface area contributed by atoms with Gasteiger partial charge in [0, 0.05) is 7.11 Å². The SMILES string of the molecule is CO[Si](C)(C)C1=[C-]CC=C1.[Cl-].[Cl-].[Ti+3]. The number of allylic oxidation sites excluding steroid dienone is 4. The molecule has 0 aromatic heterocycles. The Hall–Kier alpha value is 0.951. The molecule has 0 saturated heterocycles. The molecule has 0 amide bonds. The zero-order chi connectivity index (χ0) is 7.61. The Kier molecular flexibility index (Phi) is 12.4. The summed E-state index contributed by atoms with van der Waals surface area (Å²) in [7, 11) is 0.259. The Morgan fingerprint density at radius 2 is 1.92 bits per heavy atom. The maximum atomic E-state index is 5.41. The van der Waals surface area contributed by atoms with Gasteiger partial charge in [0.2, 0.25) is 0 Å². The van der Waals surface area contributed by atoms with E-state index in [0.717, 1.165) is 6.42 Å².